The number of anilines is 1. The molecule has 0 atom stereocenters. The Morgan fingerprint density at radius 1 is 1.22 bits per heavy atom. The number of nitrogens with one attached hydrogen (secondary N) is 1. The second kappa shape index (κ2) is 4.07. The van der Waals surface area contributed by atoms with Gasteiger partial charge in [0.25, 0.3) is 0 Å². The van der Waals surface area contributed by atoms with Crippen LogP contribution in [0.15, 0.2) is 42.7 Å². The van der Waals surface area contributed by atoms with Gasteiger partial charge in [0.2, 0.25) is 5.88 Å². The van der Waals surface area contributed by atoms with E-state index in [9.17, 15) is 0 Å². The Labute approximate surface area is 104 Å². The average molecular weight is 239 g/mol. The highest BCUT2D eigenvalue weighted by Gasteiger charge is 2.03. The van der Waals surface area contributed by atoms with Crippen molar-refractivity contribution in [3.05, 3.63) is 48.3 Å². The predicted molar refractivity (Wildman–Crippen MR) is 71.8 cm³/mol. The summed E-state index contributed by atoms with van der Waals surface area (Å²) < 4.78 is 5.69. The fraction of sp³-hybridized carbons (Fsp3) is 0.0714. The molecule has 3 N–H and O–H groups in total. The minimum absolute atomic E-state index is 0.578. The lowest BCUT2D eigenvalue weighted by Crippen LogP contribution is -1.88. The third-order valence-corrected chi connectivity index (χ3v) is 2.79. The van der Waals surface area contributed by atoms with Crippen LogP contribution in [-0.4, -0.2) is 9.97 Å². The molecule has 4 heteroatoms. The van der Waals surface area contributed by atoms with Gasteiger partial charge < -0.3 is 15.5 Å². The van der Waals surface area contributed by atoms with E-state index in [1.807, 2.05) is 37.3 Å². The molecule has 0 fully saturated rings. The largest absolute Gasteiger partial charge is 0.439 e. The molecule has 90 valence electrons. The number of hydrogen-bond acceptors (Lipinski definition) is 3. The minimum atomic E-state index is 0.578. The topological polar surface area (TPSA) is 63.9 Å². The first-order chi connectivity index (χ1) is 8.72. The first kappa shape index (κ1) is 10.7. The lowest BCUT2D eigenvalue weighted by atomic mass is 10.2. The summed E-state index contributed by atoms with van der Waals surface area (Å²) in [7, 11) is 0. The number of nitrogens with zero attached hydrogens (tertiary/aromatic N) is 1. The smallest absolute Gasteiger partial charge is 0.219 e. The summed E-state index contributed by atoms with van der Waals surface area (Å²) in [4.78, 5) is 7.29. The summed E-state index contributed by atoms with van der Waals surface area (Å²) in [5, 5.41) is 0.958. The van der Waals surface area contributed by atoms with Crippen LogP contribution in [-0.2, 0) is 0 Å². The first-order valence-corrected chi connectivity index (χ1v) is 5.69. The zero-order valence-corrected chi connectivity index (χ0v) is 9.97. The molecule has 2 heterocycles. The fourth-order valence-corrected chi connectivity index (χ4v) is 1.82. The van der Waals surface area contributed by atoms with Crippen molar-refractivity contribution >= 4 is 16.6 Å². The SMILES string of the molecule is Cc1ccc(Oc2ccc3[nH]cc(N)c3c2)nc1. The van der Waals surface area contributed by atoms with E-state index in [1.165, 1.54) is 0 Å². The van der Waals surface area contributed by atoms with Crippen molar-refractivity contribution in [1.82, 2.24) is 9.97 Å². The second-order valence-electron chi connectivity index (χ2n) is 4.23. The summed E-state index contributed by atoms with van der Waals surface area (Å²) in [5.41, 5.74) is 8.67. The second-order valence-corrected chi connectivity index (χ2v) is 4.23. The first-order valence-electron chi connectivity index (χ1n) is 5.69. The van der Waals surface area contributed by atoms with Crippen molar-refractivity contribution in [3.63, 3.8) is 0 Å². The summed E-state index contributed by atoms with van der Waals surface area (Å²) in [6, 6.07) is 9.54. The zero-order valence-electron chi connectivity index (χ0n) is 9.97. The summed E-state index contributed by atoms with van der Waals surface area (Å²) in [6.45, 7) is 1.99. The van der Waals surface area contributed by atoms with E-state index in [4.69, 9.17) is 10.5 Å². The Kier molecular flexibility index (Phi) is 2.41. The van der Waals surface area contributed by atoms with E-state index in [-0.39, 0.29) is 0 Å². The number of ether oxygens (including phenoxy) is 1. The Morgan fingerprint density at radius 3 is 2.89 bits per heavy atom. The normalized spacial score (nSPS) is 10.7. The third kappa shape index (κ3) is 1.88. The highest BCUT2D eigenvalue weighted by Crippen LogP contribution is 2.27. The number of rotatable bonds is 2. The number of aryl methyl sites for hydroxylation is 1. The number of aromatic amines is 1. The van der Waals surface area contributed by atoms with Crippen molar-refractivity contribution in [2.45, 2.75) is 6.92 Å². The van der Waals surface area contributed by atoms with Gasteiger partial charge in [0.1, 0.15) is 5.75 Å². The van der Waals surface area contributed by atoms with Gasteiger partial charge in [-0.05, 0) is 30.7 Å². The van der Waals surface area contributed by atoms with Gasteiger partial charge in [-0.2, -0.15) is 0 Å². The Morgan fingerprint density at radius 2 is 2.11 bits per heavy atom. The number of nitrogen functional groups attached to an aromatic ring is 1. The monoisotopic (exact) mass is 239 g/mol. The van der Waals surface area contributed by atoms with Crippen LogP contribution in [0.5, 0.6) is 11.6 Å². The molecule has 0 aliphatic rings. The van der Waals surface area contributed by atoms with Gasteiger partial charge in [0, 0.05) is 29.4 Å². The average Bonchev–Trinajstić information content (AvgIpc) is 2.74. The maximum atomic E-state index is 5.86. The number of fused-ring (bicyclic) bond motifs is 1. The van der Waals surface area contributed by atoms with Crippen LogP contribution < -0.4 is 10.5 Å². The maximum Gasteiger partial charge on any atom is 0.219 e. The Hall–Kier alpha value is -2.49. The van der Waals surface area contributed by atoms with Crippen molar-refractivity contribution in [1.29, 1.82) is 0 Å². The Bertz CT molecular complexity index is 686. The lowest BCUT2D eigenvalue weighted by molar-refractivity contribution is 0.463. The number of pyridine rings is 1. The molecule has 0 amide bonds. The van der Waals surface area contributed by atoms with E-state index in [1.54, 1.807) is 12.4 Å². The molecule has 18 heavy (non-hydrogen) atoms. The molecular weight excluding hydrogens is 226 g/mol. The fourth-order valence-electron chi connectivity index (χ4n) is 1.82. The quantitative estimate of drug-likeness (QED) is 0.721. The lowest BCUT2D eigenvalue weighted by Gasteiger charge is -2.05. The van der Waals surface area contributed by atoms with Gasteiger partial charge in [0.15, 0.2) is 0 Å². The molecule has 0 radical (unpaired) electrons. The number of hydrogen-bond donors (Lipinski definition) is 2. The van der Waals surface area contributed by atoms with Crippen LogP contribution in [0.3, 0.4) is 0 Å². The molecule has 0 saturated carbocycles. The molecule has 0 aliphatic heterocycles. The van der Waals surface area contributed by atoms with Crippen LogP contribution in [0.25, 0.3) is 10.9 Å². The molecular formula is C14H13N3O. The van der Waals surface area contributed by atoms with Crippen molar-refractivity contribution < 1.29 is 4.74 Å². The number of benzene rings is 1. The van der Waals surface area contributed by atoms with Crippen molar-refractivity contribution in [2.24, 2.45) is 0 Å². The molecule has 3 aromatic rings. The molecule has 0 spiro atoms. The van der Waals surface area contributed by atoms with E-state index in [0.29, 0.717) is 11.6 Å². The van der Waals surface area contributed by atoms with Gasteiger partial charge in [-0.3, -0.25) is 0 Å². The maximum absolute atomic E-state index is 5.86. The van der Waals surface area contributed by atoms with E-state index < -0.39 is 0 Å². The van der Waals surface area contributed by atoms with Crippen LogP contribution in [0.4, 0.5) is 5.69 Å². The van der Waals surface area contributed by atoms with Crippen molar-refractivity contribution in [3.8, 4) is 11.6 Å². The van der Waals surface area contributed by atoms with Gasteiger partial charge in [-0.1, -0.05) is 6.07 Å². The van der Waals surface area contributed by atoms with Crippen LogP contribution in [0, 0.1) is 6.92 Å². The third-order valence-electron chi connectivity index (χ3n) is 2.79. The van der Waals surface area contributed by atoms with Crippen LogP contribution in [0.2, 0.25) is 0 Å². The van der Waals surface area contributed by atoms with E-state index >= 15 is 0 Å². The highest BCUT2D eigenvalue weighted by molar-refractivity contribution is 5.92. The van der Waals surface area contributed by atoms with Crippen LogP contribution >= 0.6 is 0 Å². The van der Waals surface area contributed by atoms with Gasteiger partial charge in [0.05, 0.1) is 5.69 Å². The standard InChI is InChI=1S/C14H13N3O/c1-9-2-5-14(17-7-9)18-10-3-4-13-11(6-10)12(15)8-16-13/h2-8,16H,15H2,1H3. The number of aromatic nitrogens is 2. The van der Waals surface area contributed by atoms with Gasteiger partial charge in [-0.15, -0.1) is 0 Å². The molecule has 0 saturated heterocycles. The summed E-state index contributed by atoms with van der Waals surface area (Å²) in [6.07, 6.45) is 3.55. The Balaban J connectivity index is 1.94. The van der Waals surface area contributed by atoms with E-state index in [2.05, 4.69) is 9.97 Å². The van der Waals surface area contributed by atoms with E-state index in [0.717, 1.165) is 22.2 Å². The zero-order chi connectivity index (χ0) is 12.5. The van der Waals surface area contributed by atoms with Gasteiger partial charge >= 0.3 is 0 Å². The molecule has 0 aliphatic carbocycles. The molecule has 0 unspecified atom stereocenters. The summed E-state index contributed by atoms with van der Waals surface area (Å²) in [5.74, 6) is 1.30. The minimum Gasteiger partial charge on any atom is -0.439 e. The molecule has 0 bridgehead atoms. The van der Waals surface area contributed by atoms with Gasteiger partial charge in [-0.25, -0.2) is 4.98 Å². The highest BCUT2D eigenvalue weighted by atomic mass is 16.5. The van der Waals surface area contributed by atoms with Crippen molar-refractivity contribution in [2.75, 3.05) is 5.73 Å². The molecule has 1 aromatic carbocycles. The summed E-state index contributed by atoms with van der Waals surface area (Å²) >= 11 is 0. The molecule has 3 rings (SSSR count). The predicted octanol–water partition coefficient (Wildman–Crippen LogP) is 3.25. The number of H-pyrrole nitrogens is 1. The molecule has 2 aromatic heterocycles. The molecule has 4 nitrogen and oxygen atoms in total. The van der Waals surface area contributed by atoms with Crippen LogP contribution in [0.1, 0.15) is 5.56 Å². The number of nitrogens with two attached hydrogens (primary N) is 1.